The Morgan fingerprint density at radius 3 is 2.29 bits per heavy atom. The fourth-order valence-electron chi connectivity index (χ4n) is 4.36. The third-order valence-corrected chi connectivity index (χ3v) is 6.37. The number of carbonyl (C=O) groups excluding carboxylic acids is 1. The van der Waals surface area contributed by atoms with Gasteiger partial charge in [0.25, 0.3) is 5.91 Å². The van der Waals surface area contributed by atoms with Crippen molar-refractivity contribution in [2.75, 3.05) is 17.3 Å². The summed E-state index contributed by atoms with van der Waals surface area (Å²) < 4.78 is 82.3. The number of pyridine rings is 1. The summed E-state index contributed by atoms with van der Waals surface area (Å²) >= 11 is 0. The molecule has 2 atom stereocenters. The van der Waals surface area contributed by atoms with Gasteiger partial charge in [-0.05, 0) is 43.2 Å². The number of alkyl halides is 6. The van der Waals surface area contributed by atoms with Crippen molar-refractivity contribution in [3.63, 3.8) is 0 Å². The molecule has 38 heavy (non-hydrogen) atoms. The number of likely N-dealkylation sites (N-methyl/N-ethyl adjacent to an activating group) is 1. The molecular formula is C26H27F6N3O3. The standard InChI is InChI=1S/C26H27F6N3O3/c1-4-7-20(21(36)5-2)35(3)14-10-11-18(17(12-14)26(30,31)32)34-24(38)15-13-33-19-9-6-8-16(25(27,28)29)22(19)23(15)37/h6,8-13,20-21,36H,4-5,7H2,1-3H3,(H,33,37)(H,34,38)/t20?,21-/m0/s1. The average Bonchev–Trinajstić information content (AvgIpc) is 2.85. The van der Waals surface area contributed by atoms with Gasteiger partial charge in [-0.3, -0.25) is 9.59 Å². The van der Waals surface area contributed by atoms with Crippen molar-refractivity contribution >= 4 is 28.2 Å². The molecule has 1 aromatic heterocycles. The predicted molar refractivity (Wildman–Crippen MR) is 132 cm³/mol. The Kier molecular flexibility index (Phi) is 8.45. The number of anilines is 2. The summed E-state index contributed by atoms with van der Waals surface area (Å²) in [5, 5.41) is 11.6. The number of nitrogens with one attached hydrogen (secondary N) is 2. The Morgan fingerprint density at radius 2 is 1.71 bits per heavy atom. The maximum absolute atomic E-state index is 14.0. The van der Waals surface area contributed by atoms with Crippen molar-refractivity contribution in [3.05, 3.63) is 69.5 Å². The minimum atomic E-state index is -4.91. The predicted octanol–water partition coefficient (Wildman–Crippen LogP) is 6.19. The van der Waals surface area contributed by atoms with Crippen LogP contribution in [0.4, 0.5) is 37.7 Å². The van der Waals surface area contributed by atoms with Gasteiger partial charge in [0.2, 0.25) is 5.43 Å². The van der Waals surface area contributed by atoms with Crippen molar-refractivity contribution in [1.29, 1.82) is 0 Å². The number of benzene rings is 2. The summed E-state index contributed by atoms with van der Waals surface area (Å²) in [4.78, 5) is 29.7. The van der Waals surface area contributed by atoms with Gasteiger partial charge in [-0.2, -0.15) is 26.3 Å². The maximum Gasteiger partial charge on any atom is 0.418 e. The zero-order chi connectivity index (χ0) is 28.4. The van der Waals surface area contributed by atoms with Crippen LogP contribution in [-0.4, -0.2) is 35.2 Å². The SMILES string of the molecule is CCCC([C@@H](O)CC)N(C)c1ccc(NC(=O)c2c[nH]c3cccc(C(F)(F)F)c3c2=O)c(C(F)(F)F)c1. The summed E-state index contributed by atoms with van der Waals surface area (Å²) in [5.74, 6) is -1.30. The lowest BCUT2D eigenvalue weighted by Gasteiger charge is -2.34. The van der Waals surface area contributed by atoms with E-state index in [0.29, 0.717) is 25.3 Å². The first-order chi connectivity index (χ1) is 17.7. The fourth-order valence-corrected chi connectivity index (χ4v) is 4.36. The van der Waals surface area contributed by atoms with Crippen LogP contribution >= 0.6 is 0 Å². The van der Waals surface area contributed by atoms with Crippen molar-refractivity contribution in [2.45, 2.75) is 57.6 Å². The minimum Gasteiger partial charge on any atom is -0.391 e. The van der Waals surface area contributed by atoms with Crippen LogP contribution in [0, 0.1) is 0 Å². The molecule has 1 amide bonds. The highest BCUT2D eigenvalue weighted by Crippen LogP contribution is 2.38. The first-order valence-corrected chi connectivity index (χ1v) is 11.9. The molecule has 3 N–H and O–H groups in total. The second-order valence-electron chi connectivity index (χ2n) is 8.88. The smallest absolute Gasteiger partial charge is 0.391 e. The summed E-state index contributed by atoms with van der Waals surface area (Å²) in [6, 6.07) is 5.66. The molecule has 0 fully saturated rings. The highest BCUT2D eigenvalue weighted by Gasteiger charge is 2.36. The van der Waals surface area contributed by atoms with E-state index in [1.54, 1.807) is 14.0 Å². The van der Waals surface area contributed by atoms with Gasteiger partial charge >= 0.3 is 12.4 Å². The molecule has 3 aromatic rings. The summed E-state index contributed by atoms with van der Waals surface area (Å²) in [7, 11) is 1.56. The van der Waals surface area contributed by atoms with Gasteiger partial charge in [-0.25, -0.2) is 0 Å². The number of rotatable bonds is 8. The van der Waals surface area contributed by atoms with Gasteiger partial charge in [0.05, 0.1) is 34.3 Å². The third kappa shape index (κ3) is 5.95. The van der Waals surface area contributed by atoms with Gasteiger partial charge in [0.15, 0.2) is 0 Å². The minimum absolute atomic E-state index is 0.139. The van der Waals surface area contributed by atoms with E-state index in [4.69, 9.17) is 0 Å². The molecule has 0 radical (unpaired) electrons. The molecule has 3 rings (SSSR count). The van der Waals surface area contributed by atoms with Crippen molar-refractivity contribution in [3.8, 4) is 0 Å². The van der Waals surface area contributed by atoms with E-state index < -0.39 is 63.6 Å². The number of carbonyl (C=O) groups is 1. The number of fused-ring (bicyclic) bond motifs is 1. The van der Waals surface area contributed by atoms with E-state index in [0.717, 1.165) is 24.4 Å². The Morgan fingerprint density at radius 1 is 1.05 bits per heavy atom. The monoisotopic (exact) mass is 543 g/mol. The lowest BCUT2D eigenvalue weighted by atomic mass is 10.0. The topological polar surface area (TPSA) is 85.4 Å². The second kappa shape index (κ2) is 11.1. The van der Waals surface area contributed by atoms with Crippen LogP contribution in [0.2, 0.25) is 0 Å². The van der Waals surface area contributed by atoms with E-state index in [1.165, 1.54) is 17.0 Å². The molecule has 12 heteroatoms. The van der Waals surface area contributed by atoms with Crippen molar-refractivity contribution in [2.24, 2.45) is 0 Å². The number of H-pyrrole nitrogens is 1. The maximum atomic E-state index is 14.0. The molecule has 0 spiro atoms. The van der Waals surface area contributed by atoms with Crippen LogP contribution in [0.15, 0.2) is 47.4 Å². The molecular weight excluding hydrogens is 516 g/mol. The molecule has 0 aliphatic carbocycles. The first-order valence-electron chi connectivity index (χ1n) is 11.9. The zero-order valence-corrected chi connectivity index (χ0v) is 20.8. The quantitative estimate of drug-likeness (QED) is 0.296. The van der Waals surface area contributed by atoms with E-state index in [9.17, 15) is 41.0 Å². The number of aliphatic hydroxyl groups is 1. The molecule has 206 valence electrons. The summed E-state index contributed by atoms with van der Waals surface area (Å²) in [5.41, 5.74) is -5.26. The van der Waals surface area contributed by atoms with Crippen LogP contribution in [0.1, 0.15) is 54.6 Å². The van der Waals surface area contributed by atoms with E-state index >= 15 is 0 Å². The Hall–Kier alpha value is -3.54. The van der Waals surface area contributed by atoms with Crippen LogP contribution in [-0.2, 0) is 12.4 Å². The Bertz CT molecular complexity index is 1370. The normalized spacial score (nSPS) is 13.8. The lowest BCUT2D eigenvalue weighted by Crippen LogP contribution is -2.41. The highest BCUT2D eigenvalue weighted by molar-refractivity contribution is 6.06. The molecule has 0 saturated carbocycles. The van der Waals surface area contributed by atoms with E-state index in [1.807, 2.05) is 12.2 Å². The Balaban J connectivity index is 2.04. The summed E-state index contributed by atoms with van der Waals surface area (Å²) in [6.07, 6.45) is -8.13. The molecule has 6 nitrogen and oxygen atoms in total. The van der Waals surface area contributed by atoms with Gasteiger partial charge in [0, 0.05) is 24.4 Å². The number of nitrogens with zero attached hydrogens (tertiary/aromatic N) is 1. The average molecular weight is 544 g/mol. The van der Waals surface area contributed by atoms with Gasteiger partial charge < -0.3 is 20.3 Å². The molecule has 0 aliphatic heterocycles. The largest absolute Gasteiger partial charge is 0.418 e. The fraction of sp³-hybridized carbons (Fsp3) is 0.385. The molecule has 1 unspecified atom stereocenters. The number of hydrogen-bond donors (Lipinski definition) is 3. The number of halogens is 6. The van der Waals surface area contributed by atoms with Gasteiger partial charge in [-0.15, -0.1) is 0 Å². The Labute approximate surface area is 214 Å². The molecule has 0 saturated heterocycles. The van der Waals surface area contributed by atoms with Crippen LogP contribution in [0.5, 0.6) is 0 Å². The molecule has 1 heterocycles. The van der Waals surface area contributed by atoms with Gasteiger partial charge in [0.1, 0.15) is 5.56 Å². The number of aromatic amines is 1. The summed E-state index contributed by atoms with van der Waals surface area (Å²) in [6.45, 7) is 3.64. The molecule has 0 aliphatic rings. The number of hydrogen-bond acceptors (Lipinski definition) is 4. The molecule has 0 bridgehead atoms. The second-order valence-corrected chi connectivity index (χ2v) is 8.88. The zero-order valence-electron chi connectivity index (χ0n) is 20.8. The van der Waals surface area contributed by atoms with Crippen molar-refractivity contribution in [1.82, 2.24) is 4.98 Å². The highest BCUT2D eigenvalue weighted by atomic mass is 19.4. The van der Waals surface area contributed by atoms with E-state index in [2.05, 4.69) is 4.98 Å². The van der Waals surface area contributed by atoms with Gasteiger partial charge in [-0.1, -0.05) is 26.3 Å². The van der Waals surface area contributed by atoms with Crippen LogP contribution in [0.3, 0.4) is 0 Å². The molecule has 2 aromatic carbocycles. The lowest BCUT2D eigenvalue weighted by molar-refractivity contribution is -0.137. The number of amides is 1. The number of aromatic nitrogens is 1. The van der Waals surface area contributed by atoms with Crippen LogP contribution in [0.25, 0.3) is 10.9 Å². The van der Waals surface area contributed by atoms with Crippen LogP contribution < -0.4 is 15.6 Å². The number of aliphatic hydroxyl groups excluding tert-OH is 1. The first kappa shape index (κ1) is 29.0. The van der Waals surface area contributed by atoms with Crippen molar-refractivity contribution < 1.29 is 36.2 Å². The van der Waals surface area contributed by atoms with E-state index in [-0.39, 0.29) is 11.2 Å². The third-order valence-electron chi connectivity index (χ3n) is 6.37.